The van der Waals surface area contributed by atoms with E-state index in [0.717, 1.165) is 24.2 Å². The maximum atomic E-state index is 10.0. The molecule has 20 heavy (non-hydrogen) atoms. The van der Waals surface area contributed by atoms with Crippen molar-refractivity contribution >= 4 is 0 Å². The topological polar surface area (TPSA) is 47.3 Å². The lowest BCUT2D eigenvalue weighted by atomic mass is 10.2. The van der Waals surface area contributed by atoms with Crippen LogP contribution in [0, 0.1) is 0 Å². The van der Waals surface area contributed by atoms with Crippen LogP contribution in [0.4, 0.5) is 0 Å². The Hall–Kier alpha value is -1.65. The monoisotopic (exact) mass is 274 g/mol. The van der Waals surface area contributed by atoms with Crippen molar-refractivity contribution in [2.24, 2.45) is 0 Å². The number of nitrogens with zero attached hydrogens (tertiary/aromatic N) is 2. The lowest BCUT2D eigenvalue weighted by Gasteiger charge is -2.14. The summed E-state index contributed by atoms with van der Waals surface area (Å²) in [5.74, 6) is 0.873. The third-order valence-corrected chi connectivity index (χ3v) is 3.11. The standard InChI is InChI=1S/C16H22N2O2/c1-2-3-11-20-13-15(19)12-18-10-9-17-16(18)14-7-5-4-6-8-14/h4-10,15,19H,2-3,11-13H2,1H3. The highest BCUT2D eigenvalue weighted by atomic mass is 16.5. The molecule has 0 radical (unpaired) electrons. The Kier molecular flexibility index (Phi) is 5.77. The fourth-order valence-corrected chi connectivity index (χ4v) is 2.05. The van der Waals surface area contributed by atoms with E-state index in [1.165, 1.54) is 0 Å². The van der Waals surface area contributed by atoms with Gasteiger partial charge in [-0.15, -0.1) is 0 Å². The summed E-state index contributed by atoms with van der Waals surface area (Å²) in [5, 5.41) is 10.0. The van der Waals surface area contributed by atoms with Crippen LogP contribution in [0.2, 0.25) is 0 Å². The van der Waals surface area contributed by atoms with Crippen LogP contribution in [0.25, 0.3) is 11.4 Å². The molecule has 1 aromatic heterocycles. The molecule has 1 heterocycles. The van der Waals surface area contributed by atoms with E-state index >= 15 is 0 Å². The summed E-state index contributed by atoms with van der Waals surface area (Å²) in [6.07, 6.45) is 5.27. The predicted octanol–water partition coefficient (Wildman–Crippen LogP) is 2.73. The number of ether oxygens (including phenoxy) is 1. The molecule has 0 bridgehead atoms. The molecule has 2 aromatic rings. The number of aliphatic hydroxyl groups is 1. The molecule has 0 saturated carbocycles. The highest BCUT2D eigenvalue weighted by Crippen LogP contribution is 2.17. The molecule has 2 rings (SSSR count). The third-order valence-electron chi connectivity index (χ3n) is 3.11. The van der Waals surface area contributed by atoms with Gasteiger partial charge in [-0.3, -0.25) is 0 Å². The third kappa shape index (κ3) is 4.18. The van der Waals surface area contributed by atoms with Crippen molar-refractivity contribution in [1.29, 1.82) is 0 Å². The maximum absolute atomic E-state index is 10.0. The second-order valence-electron chi connectivity index (χ2n) is 4.85. The van der Waals surface area contributed by atoms with Crippen LogP contribution in [-0.4, -0.2) is 34.0 Å². The quantitative estimate of drug-likeness (QED) is 0.753. The molecule has 1 aromatic carbocycles. The summed E-state index contributed by atoms with van der Waals surface area (Å²) in [4.78, 5) is 4.36. The molecule has 0 fully saturated rings. The number of unbranched alkanes of at least 4 members (excludes halogenated alkanes) is 1. The molecule has 1 N–H and O–H groups in total. The van der Waals surface area contributed by atoms with Gasteiger partial charge in [0.05, 0.1) is 19.3 Å². The van der Waals surface area contributed by atoms with Gasteiger partial charge in [0.15, 0.2) is 0 Å². The van der Waals surface area contributed by atoms with E-state index in [0.29, 0.717) is 19.8 Å². The number of imidazole rings is 1. The van der Waals surface area contributed by atoms with E-state index in [1.54, 1.807) is 6.20 Å². The van der Waals surface area contributed by atoms with Crippen LogP contribution in [0.15, 0.2) is 42.7 Å². The Labute approximate surface area is 120 Å². The first-order valence-corrected chi connectivity index (χ1v) is 7.13. The van der Waals surface area contributed by atoms with Gasteiger partial charge in [-0.1, -0.05) is 43.7 Å². The zero-order chi connectivity index (χ0) is 14.2. The molecular formula is C16H22N2O2. The van der Waals surface area contributed by atoms with Gasteiger partial charge in [-0.05, 0) is 6.42 Å². The zero-order valence-electron chi connectivity index (χ0n) is 11.9. The van der Waals surface area contributed by atoms with Gasteiger partial charge < -0.3 is 14.4 Å². The lowest BCUT2D eigenvalue weighted by Crippen LogP contribution is -2.22. The highest BCUT2D eigenvalue weighted by Gasteiger charge is 2.10. The Morgan fingerprint density at radius 3 is 2.85 bits per heavy atom. The van der Waals surface area contributed by atoms with E-state index in [4.69, 9.17) is 4.74 Å². The van der Waals surface area contributed by atoms with Gasteiger partial charge in [0.2, 0.25) is 0 Å². The van der Waals surface area contributed by atoms with Crippen LogP contribution in [-0.2, 0) is 11.3 Å². The molecule has 1 unspecified atom stereocenters. The van der Waals surface area contributed by atoms with Gasteiger partial charge in [-0.2, -0.15) is 0 Å². The van der Waals surface area contributed by atoms with Crippen LogP contribution in [0.3, 0.4) is 0 Å². The van der Waals surface area contributed by atoms with E-state index in [2.05, 4.69) is 11.9 Å². The van der Waals surface area contributed by atoms with Crippen molar-refractivity contribution in [2.45, 2.75) is 32.4 Å². The van der Waals surface area contributed by atoms with Gasteiger partial charge in [0.25, 0.3) is 0 Å². The van der Waals surface area contributed by atoms with E-state index in [-0.39, 0.29) is 0 Å². The fraction of sp³-hybridized carbons (Fsp3) is 0.438. The smallest absolute Gasteiger partial charge is 0.139 e. The number of rotatable bonds is 8. The van der Waals surface area contributed by atoms with E-state index in [9.17, 15) is 5.11 Å². The van der Waals surface area contributed by atoms with E-state index < -0.39 is 6.10 Å². The molecule has 0 spiro atoms. The summed E-state index contributed by atoms with van der Waals surface area (Å²) in [6, 6.07) is 9.98. The first kappa shape index (κ1) is 14.8. The van der Waals surface area contributed by atoms with Gasteiger partial charge in [-0.25, -0.2) is 4.98 Å². The second-order valence-corrected chi connectivity index (χ2v) is 4.85. The van der Waals surface area contributed by atoms with Crippen LogP contribution < -0.4 is 0 Å². The molecule has 0 amide bonds. The number of aliphatic hydroxyl groups excluding tert-OH is 1. The van der Waals surface area contributed by atoms with Crippen LogP contribution in [0.5, 0.6) is 0 Å². The number of aromatic nitrogens is 2. The minimum absolute atomic E-state index is 0.367. The minimum atomic E-state index is -0.511. The maximum Gasteiger partial charge on any atom is 0.139 e. The number of hydrogen-bond donors (Lipinski definition) is 1. The summed E-state index contributed by atoms with van der Waals surface area (Å²) in [5.41, 5.74) is 1.05. The fourth-order valence-electron chi connectivity index (χ4n) is 2.05. The molecule has 0 saturated heterocycles. The van der Waals surface area contributed by atoms with Crippen molar-refractivity contribution in [1.82, 2.24) is 9.55 Å². The first-order chi connectivity index (χ1) is 9.81. The highest BCUT2D eigenvalue weighted by molar-refractivity contribution is 5.55. The summed E-state index contributed by atoms with van der Waals surface area (Å²) in [6.45, 7) is 3.70. The predicted molar refractivity (Wildman–Crippen MR) is 79.4 cm³/mol. The Morgan fingerprint density at radius 1 is 1.30 bits per heavy atom. The normalized spacial score (nSPS) is 12.5. The lowest BCUT2D eigenvalue weighted by molar-refractivity contribution is 0.0273. The van der Waals surface area contributed by atoms with Crippen LogP contribution >= 0.6 is 0 Å². The Balaban J connectivity index is 1.92. The summed E-state index contributed by atoms with van der Waals surface area (Å²) < 4.78 is 7.41. The van der Waals surface area contributed by atoms with Gasteiger partial charge >= 0.3 is 0 Å². The van der Waals surface area contributed by atoms with Crippen molar-refractivity contribution in [3.8, 4) is 11.4 Å². The second kappa shape index (κ2) is 7.82. The van der Waals surface area contributed by atoms with Crippen LogP contribution in [0.1, 0.15) is 19.8 Å². The molecular weight excluding hydrogens is 252 g/mol. The molecule has 108 valence electrons. The molecule has 4 nitrogen and oxygen atoms in total. The average Bonchev–Trinajstić information content (AvgIpc) is 2.92. The molecule has 1 atom stereocenters. The molecule has 0 aliphatic carbocycles. The Bertz CT molecular complexity index is 496. The van der Waals surface area contributed by atoms with Crippen molar-refractivity contribution < 1.29 is 9.84 Å². The van der Waals surface area contributed by atoms with Gasteiger partial charge in [0.1, 0.15) is 5.82 Å². The first-order valence-electron chi connectivity index (χ1n) is 7.13. The minimum Gasteiger partial charge on any atom is -0.389 e. The Morgan fingerprint density at radius 2 is 2.10 bits per heavy atom. The SMILES string of the molecule is CCCCOCC(O)Cn1ccnc1-c1ccccc1. The van der Waals surface area contributed by atoms with Crippen molar-refractivity contribution in [3.05, 3.63) is 42.7 Å². The number of hydrogen-bond acceptors (Lipinski definition) is 3. The van der Waals surface area contributed by atoms with Gasteiger partial charge in [0, 0.05) is 24.6 Å². The molecule has 0 aliphatic heterocycles. The summed E-state index contributed by atoms with van der Waals surface area (Å²) in [7, 11) is 0. The average molecular weight is 274 g/mol. The summed E-state index contributed by atoms with van der Waals surface area (Å²) >= 11 is 0. The molecule has 4 heteroatoms. The largest absolute Gasteiger partial charge is 0.389 e. The zero-order valence-corrected chi connectivity index (χ0v) is 11.9. The molecule has 0 aliphatic rings. The van der Waals surface area contributed by atoms with Crippen molar-refractivity contribution in [2.75, 3.05) is 13.2 Å². The van der Waals surface area contributed by atoms with Crippen molar-refractivity contribution in [3.63, 3.8) is 0 Å². The number of benzene rings is 1. The van der Waals surface area contributed by atoms with E-state index in [1.807, 2.05) is 41.1 Å².